The van der Waals surface area contributed by atoms with Gasteiger partial charge in [-0.25, -0.2) is 4.79 Å². The molecule has 1 N–H and O–H groups in total. The summed E-state index contributed by atoms with van der Waals surface area (Å²) in [4.78, 5) is 13.2. The minimum Gasteiger partial charge on any atom is -0.380 e. The summed E-state index contributed by atoms with van der Waals surface area (Å²) in [5.74, 6) is 0. The maximum absolute atomic E-state index is 11.5. The smallest absolute Gasteiger partial charge is 0.317 e. The molecule has 0 aliphatic carbocycles. The molecule has 1 heterocycles. The van der Waals surface area contributed by atoms with Crippen LogP contribution in [0.2, 0.25) is 0 Å². The number of nitrogens with zero attached hydrogens (tertiary/aromatic N) is 1. The maximum Gasteiger partial charge on any atom is 0.317 e. The lowest BCUT2D eigenvalue weighted by molar-refractivity contribution is 0.0525. The molecule has 1 fully saturated rings. The molecule has 1 saturated heterocycles. The van der Waals surface area contributed by atoms with Gasteiger partial charge in [0, 0.05) is 26.2 Å². The molecule has 0 aromatic carbocycles. The number of hydrogen-bond donors (Lipinski definition) is 1. The number of rotatable bonds is 4. The van der Waals surface area contributed by atoms with Crippen LogP contribution in [0.15, 0.2) is 0 Å². The Morgan fingerprint density at radius 1 is 1.50 bits per heavy atom. The van der Waals surface area contributed by atoms with Gasteiger partial charge in [0.25, 0.3) is 0 Å². The molecule has 1 rings (SSSR count). The minimum absolute atomic E-state index is 0.0204. The van der Waals surface area contributed by atoms with Crippen LogP contribution < -0.4 is 5.32 Å². The second-order valence-electron chi connectivity index (χ2n) is 3.03. The van der Waals surface area contributed by atoms with E-state index >= 15 is 0 Å². The van der Waals surface area contributed by atoms with Crippen LogP contribution in [0.1, 0.15) is 6.92 Å². The van der Waals surface area contributed by atoms with E-state index in [1.807, 2.05) is 6.92 Å². The third-order valence-electron chi connectivity index (χ3n) is 2.03. The molecule has 1 aliphatic rings. The van der Waals surface area contributed by atoms with Crippen molar-refractivity contribution in [1.29, 1.82) is 0 Å². The molecular formula is C9H18N2O3. The van der Waals surface area contributed by atoms with Gasteiger partial charge in [-0.05, 0) is 6.92 Å². The first-order valence-electron chi connectivity index (χ1n) is 5.03. The SMILES string of the molecule is CCOCCNC(=O)N1CCOCC1. The highest BCUT2D eigenvalue weighted by molar-refractivity contribution is 5.74. The molecule has 5 nitrogen and oxygen atoms in total. The van der Waals surface area contributed by atoms with Crippen LogP contribution >= 0.6 is 0 Å². The first-order valence-corrected chi connectivity index (χ1v) is 5.03. The van der Waals surface area contributed by atoms with Gasteiger partial charge in [0.1, 0.15) is 0 Å². The summed E-state index contributed by atoms with van der Waals surface area (Å²) in [6.07, 6.45) is 0. The summed E-state index contributed by atoms with van der Waals surface area (Å²) in [7, 11) is 0. The van der Waals surface area contributed by atoms with E-state index in [-0.39, 0.29) is 6.03 Å². The maximum atomic E-state index is 11.5. The van der Waals surface area contributed by atoms with Gasteiger partial charge in [0.05, 0.1) is 19.8 Å². The van der Waals surface area contributed by atoms with Crippen molar-refractivity contribution in [2.75, 3.05) is 46.1 Å². The second-order valence-corrected chi connectivity index (χ2v) is 3.03. The standard InChI is InChI=1S/C9H18N2O3/c1-2-13-6-3-10-9(12)11-4-7-14-8-5-11/h2-8H2,1H3,(H,10,12). The lowest BCUT2D eigenvalue weighted by Gasteiger charge is -2.26. The van der Waals surface area contributed by atoms with E-state index in [0.29, 0.717) is 46.1 Å². The van der Waals surface area contributed by atoms with Gasteiger partial charge in [-0.3, -0.25) is 0 Å². The molecule has 2 amide bonds. The quantitative estimate of drug-likeness (QED) is 0.656. The molecule has 1 aliphatic heterocycles. The first-order chi connectivity index (χ1) is 6.84. The normalized spacial score (nSPS) is 16.8. The number of carbonyl (C=O) groups excluding carboxylic acids is 1. The van der Waals surface area contributed by atoms with Gasteiger partial charge in [0.2, 0.25) is 0 Å². The molecule has 0 aromatic rings. The Kier molecular flexibility index (Phi) is 5.32. The molecule has 0 aromatic heterocycles. The summed E-state index contributed by atoms with van der Waals surface area (Å²) < 4.78 is 10.3. The predicted molar refractivity (Wildman–Crippen MR) is 52.3 cm³/mol. The highest BCUT2D eigenvalue weighted by Crippen LogP contribution is 1.96. The van der Waals surface area contributed by atoms with Crippen molar-refractivity contribution in [2.24, 2.45) is 0 Å². The van der Waals surface area contributed by atoms with Gasteiger partial charge >= 0.3 is 6.03 Å². The lowest BCUT2D eigenvalue weighted by atomic mass is 10.4. The molecule has 0 bridgehead atoms. The third-order valence-corrected chi connectivity index (χ3v) is 2.03. The zero-order chi connectivity index (χ0) is 10.2. The number of ether oxygens (including phenoxy) is 2. The molecule has 0 spiro atoms. The van der Waals surface area contributed by atoms with Crippen LogP contribution in [0.25, 0.3) is 0 Å². The first kappa shape index (κ1) is 11.3. The van der Waals surface area contributed by atoms with Gasteiger partial charge in [-0.1, -0.05) is 0 Å². The van der Waals surface area contributed by atoms with E-state index in [4.69, 9.17) is 9.47 Å². The van der Waals surface area contributed by atoms with E-state index < -0.39 is 0 Å². The molecule has 0 radical (unpaired) electrons. The molecular weight excluding hydrogens is 184 g/mol. The van der Waals surface area contributed by atoms with Crippen LogP contribution in [0.3, 0.4) is 0 Å². The number of nitrogens with one attached hydrogen (secondary N) is 1. The highest BCUT2D eigenvalue weighted by atomic mass is 16.5. The number of carbonyl (C=O) groups is 1. The molecule has 82 valence electrons. The Bertz CT molecular complexity index is 169. The van der Waals surface area contributed by atoms with Crippen molar-refractivity contribution in [3.8, 4) is 0 Å². The summed E-state index contributed by atoms with van der Waals surface area (Å²) in [6.45, 7) is 6.41. The topological polar surface area (TPSA) is 50.8 Å². The van der Waals surface area contributed by atoms with E-state index in [0.717, 1.165) is 0 Å². The van der Waals surface area contributed by atoms with Crippen molar-refractivity contribution >= 4 is 6.03 Å². The van der Waals surface area contributed by atoms with Crippen LogP contribution in [0.5, 0.6) is 0 Å². The van der Waals surface area contributed by atoms with E-state index in [2.05, 4.69) is 5.32 Å². The fourth-order valence-corrected chi connectivity index (χ4v) is 1.25. The van der Waals surface area contributed by atoms with Crippen molar-refractivity contribution in [3.05, 3.63) is 0 Å². The number of amides is 2. The molecule has 0 unspecified atom stereocenters. The molecule has 5 heteroatoms. The zero-order valence-electron chi connectivity index (χ0n) is 8.62. The van der Waals surface area contributed by atoms with Crippen LogP contribution in [-0.2, 0) is 9.47 Å². The van der Waals surface area contributed by atoms with E-state index in [9.17, 15) is 4.79 Å². The van der Waals surface area contributed by atoms with Crippen molar-refractivity contribution < 1.29 is 14.3 Å². The number of urea groups is 1. The van der Waals surface area contributed by atoms with Crippen molar-refractivity contribution in [1.82, 2.24) is 10.2 Å². The van der Waals surface area contributed by atoms with Gasteiger partial charge in [0.15, 0.2) is 0 Å². The monoisotopic (exact) mass is 202 g/mol. The molecule has 0 saturated carbocycles. The summed E-state index contributed by atoms with van der Waals surface area (Å²) in [5, 5.41) is 2.79. The van der Waals surface area contributed by atoms with E-state index in [1.165, 1.54) is 0 Å². The largest absolute Gasteiger partial charge is 0.380 e. The highest BCUT2D eigenvalue weighted by Gasteiger charge is 2.15. The summed E-state index contributed by atoms with van der Waals surface area (Å²) in [6, 6.07) is -0.0204. The zero-order valence-corrected chi connectivity index (χ0v) is 8.62. The average Bonchev–Trinajstić information content (AvgIpc) is 2.25. The number of morpholine rings is 1. The van der Waals surface area contributed by atoms with Crippen LogP contribution in [0, 0.1) is 0 Å². The Morgan fingerprint density at radius 2 is 2.21 bits per heavy atom. The summed E-state index contributed by atoms with van der Waals surface area (Å²) >= 11 is 0. The average molecular weight is 202 g/mol. The van der Waals surface area contributed by atoms with Crippen LogP contribution in [0.4, 0.5) is 4.79 Å². The van der Waals surface area contributed by atoms with Gasteiger partial charge in [-0.15, -0.1) is 0 Å². The Hall–Kier alpha value is -0.810. The Balaban J connectivity index is 2.07. The number of hydrogen-bond acceptors (Lipinski definition) is 3. The van der Waals surface area contributed by atoms with Gasteiger partial charge < -0.3 is 19.7 Å². The summed E-state index contributed by atoms with van der Waals surface area (Å²) in [5.41, 5.74) is 0. The van der Waals surface area contributed by atoms with Crippen LogP contribution in [-0.4, -0.2) is 57.0 Å². The van der Waals surface area contributed by atoms with Crippen molar-refractivity contribution in [2.45, 2.75) is 6.92 Å². The molecule has 14 heavy (non-hydrogen) atoms. The lowest BCUT2D eigenvalue weighted by Crippen LogP contribution is -2.46. The predicted octanol–water partition coefficient (Wildman–Crippen LogP) is 0.0647. The minimum atomic E-state index is -0.0204. The van der Waals surface area contributed by atoms with Gasteiger partial charge in [-0.2, -0.15) is 0 Å². The Labute approximate surface area is 84.4 Å². The Morgan fingerprint density at radius 3 is 2.86 bits per heavy atom. The van der Waals surface area contributed by atoms with E-state index in [1.54, 1.807) is 4.90 Å². The third kappa shape index (κ3) is 3.93. The fourth-order valence-electron chi connectivity index (χ4n) is 1.25. The molecule has 0 atom stereocenters. The second kappa shape index (κ2) is 6.62. The fraction of sp³-hybridized carbons (Fsp3) is 0.889. The van der Waals surface area contributed by atoms with Crippen molar-refractivity contribution in [3.63, 3.8) is 0 Å².